The van der Waals surface area contributed by atoms with Gasteiger partial charge in [0.1, 0.15) is 17.0 Å². The molecule has 3 aromatic rings. The van der Waals surface area contributed by atoms with E-state index in [4.69, 9.17) is 8.94 Å². The molecule has 0 atom stereocenters. The molecule has 1 aliphatic heterocycles. The number of hydrogen-bond donors (Lipinski definition) is 0. The molecule has 4 rings (SSSR count). The summed E-state index contributed by atoms with van der Waals surface area (Å²) in [5.41, 5.74) is 2.35. The van der Waals surface area contributed by atoms with Crippen molar-refractivity contribution in [3.63, 3.8) is 0 Å². The van der Waals surface area contributed by atoms with Crippen LogP contribution in [-0.4, -0.2) is 57.2 Å². The average molecular weight is 367 g/mol. The first kappa shape index (κ1) is 17.4. The molecule has 1 amide bonds. The SMILES string of the molecule is CC(=O)N1CCN(Cc2nnc(-c3c(-c4ccccc4)noc3C)o2)CC1. The van der Waals surface area contributed by atoms with E-state index < -0.39 is 0 Å². The van der Waals surface area contributed by atoms with E-state index in [0.717, 1.165) is 37.3 Å². The monoisotopic (exact) mass is 367 g/mol. The predicted octanol–water partition coefficient (Wildman–Crippen LogP) is 2.36. The highest BCUT2D eigenvalue weighted by Gasteiger charge is 2.24. The number of amides is 1. The van der Waals surface area contributed by atoms with Crippen LogP contribution in [0.4, 0.5) is 0 Å². The molecule has 0 aliphatic carbocycles. The van der Waals surface area contributed by atoms with Crippen molar-refractivity contribution < 1.29 is 13.7 Å². The summed E-state index contributed by atoms with van der Waals surface area (Å²) < 4.78 is 11.3. The quantitative estimate of drug-likeness (QED) is 0.699. The van der Waals surface area contributed by atoms with Crippen LogP contribution in [-0.2, 0) is 11.3 Å². The third-order valence-corrected chi connectivity index (χ3v) is 4.77. The third-order valence-electron chi connectivity index (χ3n) is 4.77. The summed E-state index contributed by atoms with van der Waals surface area (Å²) in [7, 11) is 0. The van der Waals surface area contributed by atoms with Gasteiger partial charge in [-0.05, 0) is 6.92 Å². The van der Waals surface area contributed by atoms with E-state index in [2.05, 4.69) is 20.3 Å². The van der Waals surface area contributed by atoms with Gasteiger partial charge in [0.25, 0.3) is 5.89 Å². The van der Waals surface area contributed by atoms with Gasteiger partial charge in [-0.2, -0.15) is 0 Å². The zero-order chi connectivity index (χ0) is 18.8. The summed E-state index contributed by atoms with van der Waals surface area (Å²) in [6.07, 6.45) is 0. The Hall–Kier alpha value is -3.00. The highest BCUT2D eigenvalue weighted by molar-refractivity contribution is 5.77. The number of hydrogen-bond acceptors (Lipinski definition) is 7. The molecule has 2 aromatic heterocycles. The van der Waals surface area contributed by atoms with Crippen molar-refractivity contribution in [1.82, 2.24) is 25.2 Å². The Balaban J connectivity index is 1.51. The Morgan fingerprint density at radius 2 is 1.85 bits per heavy atom. The molecular formula is C19H21N5O3. The molecular weight excluding hydrogens is 346 g/mol. The highest BCUT2D eigenvalue weighted by Crippen LogP contribution is 2.33. The minimum absolute atomic E-state index is 0.117. The van der Waals surface area contributed by atoms with Gasteiger partial charge in [0.05, 0.1) is 6.54 Å². The number of nitrogens with zero attached hydrogens (tertiary/aromatic N) is 5. The van der Waals surface area contributed by atoms with E-state index in [1.807, 2.05) is 42.2 Å². The molecule has 27 heavy (non-hydrogen) atoms. The van der Waals surface area contributed by atoms with E-state index in [1.165, 1.54) is 0 Å². The van der Waals surface area contributed by atoms with E-state index >= 15 is 0 Å². The van der Waals surface area contributed by atoms with Crippen LogP contribution in [0.5, 0.6) is 0 Å². The first-order valence-corrected chi connectivity index (χ1v) is 8.94. The maximum absolute atomic E-state index is 11.4. The van der Waals surface area contributed by atoms with Gasteiger partial charge in [0.15, 0.2) is 0 Å². The number of carbonyl (C=O) groups excluding carboxylic acids is 1. The van der Waals surface area contributed by atoms with Crippen LogP contribution in [0.25, 0.3) is 22.7 Å². The fourth-order valence-corrected chi connectivity index (χ4v) is 3.25. The zero-order valence-corrected chi connectivity index (χ0v) is 15.4. The molecule has 8 heteroatoms. The fourth-order valence-electron chi connectivity index (χ4n) is 3.25. The number of aryl methyl sites for hydroxylation is 1. The normalized spacial score (nSPS) is 15.3. The second-order valence-corrected chi connectivity index (χ2v) is 6.61. The molecule has 140 valence electrons. The molecule has 8 nitrogen and oxygen atoms in total. The van der Waals surface area contributed by atoms with Crippen molar-refractivity contribution in [2.75, 3.05) is 26.2 Å². The molecule has 1 aromatic carbocycles. The van der Waals surface area contributed by atoms with Gasteiger partial charge >= 0.3 is 0 Å². The molecule has 0 radical (unpaired) electrons. The third kappa shape index (κ3) is 3.61. The number of piperazine rings is 1. The number of carbonyl (C=O) groups is 1. The minimum Gasteiger partial charge on any atom is -0.419 e. The van der Waals surface area contributed by atoms with Gasteiger partial charge in [0.2, 0.25) is 11.8 Å². The summed E-state index contributed by atoms with van der Waals surface area (Å²) in [6.45, 7) is 7.02. The second kappa shape index (κ2) is 7.32. The van der Waals surface area contributed by atoms with Crippen molar-refractivity contribution in [3.8, 4) is 22.7 Å². The summed E-state index contributed by atoms with van der Waals surface area (Å²) in [4.78, 5) is 15.5. The largest absolute Gasteiger partial charge is 0.419 e. The lowest BCUT2D eigenvalue weighted by Crippen LogP contribution is -2.47. The van der Waals surface area contributed by atoms with Crippen LogP contribution in [0.3, 0.4) is 0 Å². The highest BCUT2D eigenvalue weighted by atomic mass is 16.5. The Bertz CT molecular complexity index is 926. The van der Waals surface area contributed by atoms with Crippen LogP contribution in [0, 0.1) is 6.92 Å². The molecule has 1 aliphatic rings. The van der Waals surface area contributed by atoms with E-state index in [-0.39, 0.29) is 5.91 Å². The molecule has 0 N–H and O–H groups in total. The van der Waals surface area contributed by atoms with Crippen molar-refractivity contribution in [2.24, 2.45) is 0 Å². The van der Waals surface area contributed by atoms with Crippen molar-refractivity contribution in [2.45, 2.75) is 20.4 Å². The number of aromatic nitrogens is 3. The molecule has 0 saturated carbocycles. The topological polar surface area (TPSA) is 88.5 Å². The summed E-state index contributed by atoms with van der Waals surface area (Å²) >= 11 is 0. The predicted molar refractivity (Wildman–Crippen MR) is 97.5 cm³/mol. The average Bonchev–Trinajstić information content (AvgIpc) is 3.29. The van der Waals surface area contributed by atoms with Gasteiger partial charge in [-0.25, -0.2) is 0 Å². The fraction of sp³-hybridized carbons (Fsp3) is 0.368. The first-order chi connectivity index (χ1) is 13.1. The molecule has 1 saturated heterocycles. The first-order valence-electron chi connectivity index (χ1n) is 8.94. The van der Waals surface area contributed by atoms with Gasteiger partial charge in [-0.3, -0.25) is 9.69 Å². The Kier molecular flexibility index (Phi) is 4.72. The Labute approximate surface area is 156 Å². The van der Waals surface area contributed by atoms with Crippen LogP contribution in [0.15, 0.2) is 39.3 Å². The van der Waals surface area contributed by atoms with Gasteiger partial charge < -0.3 is 13.8 Å². The smallest absolute Gasteiger partial charge is 0.253 e. The van der Waals surface area contributed by atoms with Gasteiger partial charge in [-0.1, -0.05) is 35.5 Å². The summed E-state index contributed by atoms with van der Waals surface area (Å²) in [6, 6.07) is 9.78. The zero-order valence-electron chi connectivity index (χ0n) is 15.4. The van der Waals surface area contributed by atoms with E-state index in [9.17, 15) is 4.79 Å². The molecule has 0 bridgehead atoms. The summed E-state index contributed by atoms with van der Waals surface area (Å²) in [5.74, 6) is 1.70. The minimum atomic E-state index is 0.117. The maximum Gasteiger partial charge on any atom is 0.253 e. The Morgan fingerprint density at radius 1 is 1.11 bits per heavy atom. The van der Waals surface area contributed by atoms with Gasteiger partial charge in [0, 0.05) is 38.7 Å². The van der Waals surface area contributed by atoms with Crippen LogP contribution in [0.2, 0.25) is 0 Å². The lowest BCUT2D eigenvalue weighted by atomic mass is 10.1. The van der Waals surface area contributed by atoms with E-state index in [1.54, 1.807) is 6.92 Å². The lowest BCUT2D eigenvalue weighted by molar-refractivity contribution is -0.130. The van der Waals surface area contributed by atoms with Crippen LogP contribution >= 0.6 is 0 Å². The second-order valence-electron chi connectivity index (χ2n) is 6.61. The number of rotatable bonds is 4. The van der Waals surface area contributed by atoms with Crippen molar-refractivity contribution >= 4 is 5.91 Å². The van der Waals surface area contributed by atoms with E-state index in [0.29, 0.717) is 29.8 Å². The van der Waals surface area contributed by atoms with Crippen molar-refractivity contribution in [1.29, 1.82) is 0 Å². The molecule has 1 fully saturated rings. The number of benzene rings is 1. The Morgan fingerprint density at radius 3 is 2.56 bits per heavy atom. The lowest BCUT2D eigenvalue weighted by Gasteiger charge is -2.33. The van der Waals surface area contributed by atoms with Crippen LogP contribution in [0.1, 0.15) is 18.6 Å². The molecule has 3 heterocycles. The van der Waals surface area contributed by atoms with Crippen LogP contribution < -0.4 is 0 Å². The van der Waals surface area contributed by atoms with Gasteiger partial charge in [-0.15, -0.1) is 10.2 Å². The standard InChI is InChI=1S/C19H21N5O3/c1-13-17(18(22-27-13)15-6-4-3-5-7-15)19-21-20-16(26-19)12-23-8-10-24(11-9-23)14(2)25/h3-7H,8-12H2,1-2H3. The van der Waals surface area contributed by atoms with Crippen molar-refractivity contribution in [3.05, 3.63) is 42.0 Å². The maximum atomic E-state index is 11.4. The summed E-state index contributed by atoms with van der Waals surface area (Å²) in [5, 5.41) is 12.6. The molecule has 0 spiro atoms. The molecule has 0 unspecified atom stereocenters.